The lowest BCUT2D eigenvalue weighted by Gasteiger charge is -2.26. The summed E-state index contributed by atoms with van der Waals surface area (Å²) in [5.41, 5.74) is 11.7. The number of anilines is 6. The highest BCUT2D eigenvalue weighted by Gasteiger charge is 2.22. The van der Waals surface area contributed by atoms with Crippen LogP contribution in [-0.4, -0.2) is 29.9 Å². The van der Waals surface area contributed by atoms with Gasteiger partial charge in [0.05, 0.1) is 44.5 Å². The Balaban J connectivity index is 1.06. The second-order valence-corrected chi connectivity index (χ2v) is 18.0. The lowest BCUT2D eigenvalue weighted by Crippen LogP contribution is -2.09. The number of aromatic nitrogens is 6. The molecule has 0 aliphatic carbocycles. The monoisotopic (exact) mass is 970 g/mol. The zero-order valence-electron chi connectivity index (χ0n) is 40.0. The predicted molar refractivity (Wildman–Crippen MR) is 297 cm³/mol. The molecule has 0 aliphatic rings. The van der Waals surface area contributed by atoms with E-state index in [0.29, 0.717) is 44.5 Å². The van der Waals surface area contributed by atoms with Crippen molar-refractivity contribution >= 4 is 99.5 Å². The van der Waals surface area contributed by atoms with E-state index in [-0.39, 0.29) is 22.8 Å². The van der Waals surface area contributed by atoms with Gasteiger partial charge < -0.3 is 9.80 Å². The third-order valence-electron chi connectivity index (χ3n) is 13.6. The van der Waals surface area contributed by atoms with Gasteiger partial charge in [-0.15, -0.1) is 0 Å². The molecule has 13 rings (SSSR count). The molecular weight excluding hydrogens is 937 g/mol. The second-order valence-electron chi connectivity index (χ2n) is 18.0. The minimum Gasteiger partial charge on any atom is -0.311 e. The first-order valence-corrected chi connectivity index (χ1v) is 24.2. The number of fused-ring (bicyclic) bond motifs is 9. The molecule has 0 bridgehead atoms. The molecule has 13 aromatic rings. The van der Waals surface area contributed by atoms with Gasteiger partial charge in [-0.1, -0.05) is 97.1 Å². The van der Waals surface area contributed by atoms with Crippen LogP contribution < -0.4 is 9.80 Å². The highest BCUT2D eigenvalue weighted by Crippen LogP contribution is 2.43. The van der Waals surface area contributed by atoms with Crippen molar-refractivity contribution in [2.75, 3.05) is 9.80 Å². The lowest BCUT2D eigenvalue weighted by molar-refractivity contribution is 1.20. The molecule has 3 heterocycles. The van der Waals surface area contributed by atoms with Gasteiger partial charge in [0.2, 0.25) is 0 Å². The van der Waals surface area contributed by atoms with Crippen molar-refractivity contribution in [3.63, 3.8) is 0 Å². The van der Waals surface area contributed by atoms with E-state index in [1.807, 2.05) is 133 Å². The van der Waals surface area contributed by atoms with Crippen LogP contribution >= 0.6 is 0 Å². The molecule has 0 N–H and O–H groups in total. The average molecular weight is 971 g/mol. The van der Waals surface area contributed by atoms with E-state index < -0.39 is 0 Å². The summed E-state index contributed by atoms with van der Waals surface area (Å²) in [5, 5.41) is 44.4. The summed E-state index contributed by atoms with van der Waals surface area (Å²) in [5.74, 6) is 0. The Morgan fingerprint density at radius 3 is 0.684 bits per heavy atom. The van der Waals surface area contributed by atoms with Crippen molar-refractivity contribution in [1.29, 1.82) is 21.0 Å². The summed E-state index contributed by atoms with van der Waals surface area (Å²) >= 11 is 0. The first-order chi connectivity index (χ1) is 37.5. The molecule has 0 atom stereocenters. The molecule has 10 aromatic carbocycles. The molecule has 0 spiro atoms. The molecule has 12 nitrogen and oxygen atoms in total. The third-order valence-corrected chi connectivity index (χ3v) is 13.6. The molecule has 12 heteroatoms. The van der Waals surface area contributed by atoms with Crippen molar-refractivity contribution < 1.29 is 0 Å². The first-order valence-electron chi connectivity index (χ1n) is 24.2. The predicted octanol–water partition coefficient (Wildman–Crippen LogP) is 14.7. The number of nitrogens with zero attached hydrogens (tertiary/aromatic N) is 12. The molecule has 0 radical (unpaired) electrons. The van der Waals surface area contributed by atoms with Crippen LogP contribution in [0, 0.1) is 45.3 Å². The van der Waals surface area contributed by atoms with Crippen molar-refractivity contribution in [3.05, 3.63) is 229 Å². The van der Waals surface area contributed by atoms with Crippen LogP contribution in [0.5, 0.6) is 0 Å². The molecule has 0 saturated carbocycles. The number of para-hydroxylation sites is 4. The van der Waals surface area contributed by atoms with Gasteiger partial charge in [-0.2, -0.15) is 21.0 Å². The molecule has 76 heavy (non-hydrogen) atoms. The quantitative estimate of drug-likeness (QED) is 0.104. The molecular formula is C64H34N12. The standard InChI is InChI=1S/C64H34N12/c65-35-59-61(37-67)71-55-31-49-47(29-53(55)69-59)48-30-54-56(72-62(38-68)60(36-66)70-54)32-50(48)52-34-58-57(33-51(49)52)73-63(39-21-25-45(26-22-39)75(41-13-5-1-6-14-41)42-15-7-2-8-16-42)64(74-58)40-23-27-46(28-24-40)76(43-17-9-3-10-18-43)44-19-11-4-12-20-44/h1-34H. The van der Waals surface area contributed by atoms with Crippen LogP contribution in [-0.2, 0) is 0 Å². The summed E-state index contributed by atoms with van der Waals surface area (Å²) in [7, 11) is 0. The number of rotatable bonds is 8. The van der Waals surface area contributed by atoms with Gasteiger partial charge >= 0.3 is 0 Å². The summed E-state index contributed by atoms with van der Waals surface area (Å²) < 4.78 is 0. The minimum absolute atomic E-state index is 0.0749. The fourth-order valence-electron chi connectivity index (χ4n) is 10.1. The maximum atomic E-state index is 9.96. The van der Waals surface area contributed by atoms with E-state index in [2.05, 4.69) is 127 Å². The van der Waals surface area contributed by atoms with Crippen LogP contribution in [0.4, 0.5) is 34.1 Å². The van der Waals surface area contributed by atoms with Crippen molar-refractivity contribution in [2.45, 2.75) is 0 Å². The highest BCUT2D eigenvalue weighted by molar-refractivity contribution is 6.29. The normalized spacial score (nSPS) is 11.1. The van der Waals surface area contributed by atoms with E-state index in [0.717, 1.165) is 77.6 Å². The Morgan fingerprint density at radius 2 is 0.461 bits per heavy atom. The van der Waals surface area contributed by atoms with Gasteiger partial charge in [0, 0.05) is 45.3 Å². The SMILES string of the molecule is N#Cc1nc2cc3c4cc5nc(C#N)c(C#N)nc5cc4c4cc5nc(-c6ccc(N(c7ccccc7)c7ccccc7)cc6)c(-c6ccc(N(c7ccccc7)c7ccccc7)cc6)nc5cc4c3cc2nc1C#N. The number of hydrogen-bond acceptors (Lipinski definition) is 12. The zero-order valence-corrected chi connectivity index (χ0v) is 40.0. The second kappa shape index (κ2) is 18.3. The molecule has 0 unspecified atom stereocenters. The van der Waals surface area contributed by atoms with Gasteiger partial charge in [-0.25, -0.2) is 29.9 Å². The summed E-state index contributed by atoms with van der Waals surface area (Å²) in [4.78, 5) is 33.8. The topological polar surface area (TPSA) is 179 Å². The Kier molecular flexibility index (Phi) is 10.7. The van der Waals surface area contributed by atoms with Crippen molar-refractivity contribution in [3.8, 4) is 46.8 Å². The average Bonchev–Trinajstić information content (AvgIpc) is 3.53. The van der Waals surface area contributed by atoms with Gasteiger partial charge in [0.15, 0.2) is 22.8 Å². The molecule has 0 amide bonds. The fraction of sp³-hybridized carbons (Fsp3) is 0. The van der Waals surface area contributed by atoms with Gasteiger partial charge in [0.1, 0.15) is 24.3 Å². The molecule has 0 fully saturated rings. The third kappa shape index (κ3) is 7.61. The Morgan fingerprint density at radius 1 is 0.250 bits per heavy atom. The number of hydrogen-bond donors (Lipinski definition) is 0. The molecule has 350 valence electrons. The van der Waals surface area contributed by atoms with Crippen LogP contribution in [0.25, 0.3) is 87.9 Å². The highest BCUT2D eigenvalue weighted by atomic mass is 15.1. The maximum Gasteiger partial charge on any atom is 0.177 e. The van der Waals surface area contributed by atoms with Crippen LogP contribution in [0.15, 0.2) is 206 Å². The van der Waals surface area contributed by atoms with Crippen LogP contribution in [0.2, 0.25) is 0 Å². The Labute approximate surface area is 434 Å². The van der Waals surface area contributed by atoms with Crippen LogP contribution in [0.1, 0.15) is 22.8 Å². The van der Waals surface area contributed by atoms with E-state index in [1.54, 1.807) is 0 Å². The number of benzene rings is 10. The molecule has 0 saturated heterocycles. The first kappa shape index (κ1) is 44.5. The lowest BCUT2D eigenvalue weighted by atomic mass is 9.92. The molecule has 3 aromatic heterocycles. The smallest absolute Gasteiger partial charge is 0.177 e. The summed E-state index contributed by atoms with van der Waals surface area (Å²) in [6.45, 7) is 0. The maximum absolute atomic E-state index is 9.96. The number of nitriles is 4. The van der Waals surface area contributed by atoms with Crippen LogP contribution in [0.3, 0.4) is 0 Å². The van der Waals surface area contributed by atoms with E-state index in [4.69, 9.17) is 9.97 Å². The largest absolute Gasteiger partial charge is 0.311 e. The summed E-state index contributed by atoms with van der Waals surface area (Å²) in [6.07, 6.45) is 0. The van der Waals surface area contributed by atoms with Crippen molar-refractivity contribution in [1.82, 2.24) is 29.9 Å². The van der Waals surface area contributed by atoms with E-state index in [1.165, 1.54) is 0 Å². The van der Waals surface area contributed by atoms with E-state index >= 15 is 0 Å². The van der Waals surface area contributed by atoms with Crippen molar-refractivity contribution in [2.24, 2.45) is 0 Å². The Bertz CT molecular complexity index is 4280. The fourth-order valence-corrected chi connectivity index (χ4v) is 10.1. The minimum atomic E-state index is -0.0803. The van der Waals surface area contributed by atoms with Gasteiger partial charge in [-0.05, 0) is 142 Å². The van der Waals surface area contributed by atoms with Gasteiger partial charge in [0.25, 0.3) is 0 Å². The molecule has 0 aliphatic heterocycles. The zero-order chi connectivity index (χ0) is 51.3. The van der Waals surface area contributed by atoms with Gasteiger partial charge in [-0.3, -0.25) is 0 Å². The van der Waals surface area contributed by atoms with E-state index in [9.17, 15) is 21.0 Å². The summed E-state index contributed by atoms with van der Waals surface area (Å²) in [6, 6.07) is 77.4. The Hall–Kier alpha value is -11.4.